The van der Waals surface area contributed by atoms with Gasteiger partial charge < -0.3 is 10.4 Å². The SMILES string of the molecule is Cc1nn(CC(=O)NC[C@H](O)c2ccc(F)cc2)c(=O)c2ccccc12. The van der Waals surface area contributed by atoms with E-state index in [1.807, 2.05) is 12.1 Å². The second-order valence-corrected chi connectivity index (χ2v) is 5.97. The van der Waals surface area contributed by atoms with E-state index in [1.165, 1.54) is 24.3 Å². The third kappa shape index (κ3) is 3.78. The lowest BCUT2D eigenvalue weighted by Crippen LogP contribution is -2.36. The summed E-state index contributed by atoms with van der Waals surface area (Å²) in [5.74, 6) is -0.849. The monoisotopic (exact) mass is 355 g/mol. The number of amides is 1. The Kier molecular flexibility index (Phi) is 5.09. The number of carbonyl (C=O) groups excluding carboxylic acids is 1. The largest absolute Gasteiger partial charge is 0.387 e. The maximum absolute atomic E-state index is 12.9. The summed E-state index contributed by atoms with van der Waals surface area (Å²) in [7, 11) is 0. The molecule has 1 atom stereocenters. The molecular weight excluding hydrogens is 337 g/mol. The third-order valence-electron chi connectivity index (χ3n) is 4.09. The molecule has 3 aromatic rings. The fourth-order valence-corrected chi connectivity index (χ4v) is 2.72. The first-order valence-electron chi connectivity index (χ1n) is 8.12. The van der Waals surface area contributed by atoms with Gasteiger partial charge in [0.1, 0.15) is 12.4 Å². The van der Waals surface area contributed by atoms with E-state index in [1.54, 1.807) is 19.1 Å². The highest BCUT2D eigenvalue weighted by Gasteiger charge is 2.13. The molecule has 0 aliphatic rings. The zero-order valence-corrected chi connectivity index (χ0v) is 14.1. The Hall–Kier alpha value is -3.06. The van der Waals surface area contributed by atoms with Gasteiger partial charge in [0.15, 0.2) is 0 Å². The highest BCUT2D eigenvalue weighted by molar-refractivity contribution is 5.83. The topological polar surface area (TPSA) is 84.2 Å². The van der Waals surface area contributed by atoms with Gasteiger partial charge in [-0.15, -0.1) is 0 Å². The summed E-state index contributed by atoms with van der Waals surface area (Å²) in [5, 5.41) is 18.0. The van der Waals surface area contributed by atoms with E-state index in [0.717, 1.165) is 10.1 Å². The Bertz CT molecular complexity index is 999. The molecule has 0 spiro atoms. The summed E-state index contributed by atoms with van der Waals surface area (Å²) in [6.07, 6.45) is -0.970. The molecule has 2 N–H and O–H groups in total. The standard InChI is InChI=1S/C19H18FN3O3/c1-12-15-4-2-3-5-16(15)19(26)23(22-12)11-18(25)21-10-17(24)13-6-8-14(20)9-7-13/h2-9,17,24H,10-11H2,1H3,(H,21,25)/t17-/m0/s1. The summed E-state index contributed by atoms with van der Waals surface area (Å²) in [6.45, 7) is 1.47. The number of nitrogens with one attached hydrogen (secondary N) is 1. The normalized spacial score (nSPS) is 12.1. The molecule has 1 amide bonds. The van der Waals surface area contributed by atoms with Crippen LogP contribution in [0, 0.1) is 12.7 Å². The van der Waals surface area contributed by atoms with Crippen LogP contribution < -0.4 is 10.9 Å². The van der Waals surface area contributed by atoms with Crippen molar-refractivity contribution in [3.05, 3.63) is 76.0 Å². The van der Waals surface area contributed by atoms with Crippen molar-refractivity contribution in [2.24, 2.45) is 0 Å². The van der Waals surface area contributed by atoms with Gasteiger partial charge in [0.05, 0.1) is 17.2 Å². The highest BCUT2D eigenvalue weighted by atomic mass is 19.1. The van der Waals surface area contributed by atoms with Crippen molar-refractivity contribution in [2.75, 3.05) is 6.54 Å². The molecule has 1 aromatic heterocycles. The van der Waals surface area contributed by atoms with E-state index in [9.17, 15) is 19.1 Å². The minimum Gasteiger partial charge on any atom is -0.387 e. The van der Waals surface area contributed by atoms with Crippen LogP contribution in [0.3, 0.4) is 0 Å². The van der Waals surface area contributed by atoms with Crippen molar-refractivity contribution < 1.29 is 14.3 Å². The first-order valence-corrected chi connectivity index (χ1v) is 8.12. The van der Waals surface area contributed by atoms with Gasteiger partial charge in [0, 0.05) is 11.9 Å². The quantitative estimate of drug-likeness (QED) is 0.730. The van der Waals surface area contributed by atoms with E-state index >= 15 is 0 Å². The minimum atomic E-state index is -0.970. The Labute approximate surface area is 148 Å². The van der Waals surface area contributed by atoms with Crippen molar-refractivity contribution >= 4 is 16.7 Å². The van der Waals surface area contributed by atoms with Crippen LogP contribution in [0.4, 0.5) is 4.39 Å². The number of benzene rings is 2. The predicted octanol–water partition coefficient (Wildman–Crippen LogP) is 1.69. The summed E-state index contributed by atoms with van der Waals surface area (Å²) in [6, 6.07) is 12.5. The minimum absolute atomic E-state index is 0.0498. The average Bonchev–Trinajstić information content (AvgIpc) is 2.64. The first kappa shape index (κ1) is 17.8. The zero-order chi connectivity index (χ0) is 18.7. The number of halogens is 1. The van der Waals surface area contributed by atoms with Crippen LogP contribution in [-0.4, -0.2) is 27.3 Å². The Morgan fingerprint density at radius 2 is 1.85 bits per heavy atom. The van der Waals surface area contributed by atoms with Gasteiger partial charge in [-0.05, 0) is 30.7 Å². The molecule has 0 radical (unpaired) electrons. The molecule has 1 heterocycles. The molecule has 0 unspecified atom stereocenters. The number of aliphatic hydroxyl groups is 1. The van der Waals surface area contributed by atoms with Crippen LogP contribution in [0.25, 0.3) is 10.8 Å². The zero-order valence-electron chi connectivity index (χ0n) is 14.1. The van der Waals surface area contributed by atoms with Gasteiger partial charge in [0.2, 0.25) is 5.91 Å². The lowest BCUT2D eigenvalue weighted by molar-refractivity contribution is -0.122. The second kappa shape index (κ2) is 7.45. The van der Waals surface area contributed by atoms with Crippen LogP contribution in [-0.2, 0) is 11.3 Å². The summed E-state index contributed by atoms with van der Waals surface area (Å²) < 4.78 is 14.0. The first-order chi connectivity index (χ1) is 12.5. The number of hydrogen-bond donors (Lipinski definition) is 2. The number of aliphatic hydroxyl groups excluding tert-OH is 1. The second-order valence-electron chi connectivity index (χ2n) is 5.97. The lowest BCUT2D eigenvalue weighted by Gasteiger charge is -2.13. The molecule has 0 saturated heterocycles. The summed E-state index contributed by atoms with van der Waals surface area (Å²) >= 11 is 0. The number of rotatable bonds is 5. The molecule has 2 aromatic carbocycles. The molecule has 0 bridgehead atoms. The molecule has 26 heavy (non-hydrogen) atoms. The van der Waals surface area contributed by atoms with E-state index in [-0.39, 0.29) is 18.6 Å². The Balaban J connectivity index is 1.68. The smallest absolute Gasteiger partial charge is 0.275 e. The Morgan fingerprint density at radius 3 is 2.54 bits per heavy atom. The van der Waals surface area contributed by atoms with Crippen molar-refractivity contribution in [1.29, 1.82) is 0 Å². The number of fused-ring (bicyclic) bond motifs is 1. The number of carbonyl (C=O) groups is 1. The molecular formula is C19H18FN3O3. The average molecular weight is 355 g/mol. The number of hydrogen-bond acceptors (Lipinski definition) is 4. The fourth-order valence-electron chi connectivity index (χ4n) is 2.72. The van der Waals surface area contributed by atoms with E-state index in [2.05, 4.69) is 10.4 Å². The molecule has 6 nitrogen and oxygen atoms in total. The number of aromatic nitrogens is 2. The van der Waals surface area contributed by atoms with Gasteiger partial charge in [-0.25, -0.2) is 9.07 Å². The van der Waals surface area contributed by atoms with Crippen LogP contribution >= 0.6 is 0 Å². The molecule has 0 fully saturated rings. The molecule has 3 rings (SSSR count). The molecule has 0 aliphatic heterocycles. The van der Waals surface area contributed by atoms with Gasteiger partial charge >= 0.3 is 0 Å². The highest BCUT2D eigenvalue weighted by Crippen LogP contribution is 2.13. The van der Waals surface area contributed by atoms with Gasteiger partial charge in [-0.2, -0.15) is 5.10 Å². The van der Waals surface area contributed by atoms with E-state index in [4.69, 9.17) is 0 Å². The predicted molar refractivity (Wildman–Crippen MR) is 95.1 cm³/mol. The van der Waals surface area contributed by atoms with Crippen molar-refractivity contribution in [3.63, 3.8) is 0 Å². The van der Waals surface area contributed by atoms with Crippen molar-refractivity contribution in [3.8, 4) is 0 Å². The Morgan fingerprint density at radius 1 is 1.19 bits per heavy atom. The maximum Gasteiger partial charge on any atom is 0.275 e. The van der Waals surface area contributed by atoms with Crippen molar-refractivity contribution in [2.45, 2.75) is 19.6 Å². The van der Waals surface area contributed by atoms with Crippen molar-refractivity contribution in [1.82, 2.24) is 15.1 Å². The summed E-state index contributed by atoms with van der Waals surface area (Å²) in [5.41, 5.74) is 0.795. The molecule has 0 aliphatic carbocycles. The fraction of sp³-hybridized carbons (Fsp3) is 0.211. The van der Waals surface area contributed by atoms with Gasteiger partial charge in [-0.1, -0.05) is 30.3 Å². The lowest BCUT2D eigenvalue weighted by atomic mass is 10.1. The van der Waals surface area contributed by atoms with Crippen LogP contribution in [0.1, 0.15) is 17.4 Å². The third-order valence-corrected chi connectivity index (χ3v) is 4.09. The molecule has 7 heteroatoms. The number of aryl methyl sites for hydroxylation is 1. The van der Waals surface area contributed by atoms with Crippen LogP contribution in [0.5, 0.6) is 0 Å². The van der Waals surface area contributed by atoms with Crippen LogP contribution in [0.2, 0.25) is 0 Å². The molecule has 134 valence electrons. The molecule has 0 saturated carbocycles. The van der Waals surface area contributed by atoms with Crippen LogP contribution in [0.15, 0.2) is 53.3 Å². The summed E-state index contributed by atoms with van der Waals surface area (Å²) in [4.78, 5) is 24.6. The maximum atomic E-state index is 12.9. The van der Waals surface area contributed by atoms with Gasteiger partial charge in [0.25, 0.3) is 5.56 Å². The van der Waals surface area contributed by atoms with E-state index in [0.29, 0.717) is 16.6 Å². The van der Waals surface area contributed by atoms with Gasteiger partial charge in [-0.3, -0.25) is 9.59 Å². The van der Waals surface area contributed by atoms with E-state index < -0.39 is 17.8 Å². The number of nitrogens with zero attached hydrogens (tertiary/aromatic N) is 2.